The van der Waals surface area contributed by atoms with Gasteiger partial charge in [-0.15, -0.1) is 10.2 Å². The molecule has 0 spiro atoms. The van der Waals surface area contributed by atoms with Crippen LogP contribution in [0.15, 0.2) is 12.1 Å². The van der Waals surface area contributed by atoms with E-state index in [1.54, 1.807) is 17.0 Å². The summed E-state index contributed by atoms with van der Waals surface area (Å²) in [6, 6.07) is 3.55. The van der Waals surface area contributed by atoms with Gasteiger partial charge in [-0.2, -0.15) is 4.31 Å². The summed E-state index contributed by atoms with van der Waals surface area (Å²) in [5.74, 6) is 0.908. The molecular weight excluding hydrogens is 334 g/mol. The smallest absolute Gasteiger partial charge is 0.238 e. The molecule has 9 nitrogen and oxygen atoms in total. The summed E-state index contributed by atoms with van der Waals surface area (Å²) < 4.78 is 29.5. The van der Waals surface area contributed by atoms with Crippen molar-refractivity contribution in [1.82, 2.24) is 19.4 Å². The molecule has 1 amide bonds. The summed E-state index contributed by atoms with van der Waals surface area (Å²) in [7, 11) is 1.77. The maximum Gasteiger partial charge on any atom is 0.238 e. The number of anilines is 1. The molecule has 2 heterocycles. The standard InChI is InChI=1S/C14H23N5O4S/c1-17(2)12-5-6-13(16-15-12)23-11-7-8-19(9-11)14(20)10-18(3)24(4,21)22/h5-6,11H,7-10H2,1-4H3/t11-/m1/s1. The highest BCUT2D eigenvalue weighted by Crippen LogP contribution is 2.17. The monoisotopic (exact) mass is 357 g/mol. The van der Waals surface area contributed by atoms with Crippen molar-refractivity contribution in [2.45, 2.75) is 12.5 Å². The highest BCUT2D eigenvalue weighted by atomic mass is 32.2. The molecule has 1 fully saturated rings. The van der Waals surface area contributed by atoms with Crippen LogP contribution < -0.4 is 9.64 Å². The van der Waals surface area contributed by atoms with E-state index in [0.717, 1.165) is 16.4 Å². The molecule has 1 atom stereocenters. The van der Waals surface area contributed by atoms with Crippen LogP contribution in [0.3, 0.4) is 0 Å². The lowest BCUT2D eigenvalue weighted by atomic mass is 10.3. The quantitative estimate of drug-likeness (QED) is 0.672. The van der Waals surface area contributed by atoms with E-state index < -0.39 is 10.0 Å². The van der Waals surface area contributed by atoms with Crippen LogP contribution in [0.25, 0.3) is 0 Å². The molecule has 1 aliphatic heterocycles. The molecule has 134 valence electrons. The third-order valence-corrected chi connectivity index (χ3v) is 5.05. The number of carbonyl (C=O) groups is 1. The first-order valence-electron chi connectivity index (χ1n) is 7.53. The second-order valence-corrected chi connectivity index (χ2v) is 8.10. The Morgan fingerprint density at radius 2 is 2.04 bits per heavy atom. The van der Waals surface area contributed by atoms with E-state index in [1.165, 1.54) is 7.05 Å². The lowest BCUT2D eigenvalue weighted by Crippen LogP contribution is -2.40. The van der Waals surface area contributed by atoms with Crippen molar-refractivity contribution < 1.29 is 17.9 Å². The number of carbonyl (C=O) groups excluding carboxylic acids is 1. The number of ether oxygens (including phenoxy) is 1. The first-order chi connectivity index (χ1) is 11.2. The zero-order valence-corrected chi connectivity index (χ0v) is 15.2. The van der Waals surface area contributed by atoms with Gasteiger partial charge in [0.25, 0.3) is 0 Å². The molecule has 0 N–H and O–H groups in total. The van der Waals surface area contributed by atoms with Gasteiger partial charge in [0.05, 0.1) is 19.3 Å². The topological polar surface area (TPSA) is 95.9 Å². The molecule has 1 aromatic heterocycles. The van der Waals surface area contributed by atoms with Crippen molar-refractivity contribution in [3.8, 4) is 5.88 Å². The molecule has 1 saturated heterocycles. The van der Waals surface area contributed by atoms with E-state index in [4.69, 9.17) is 4.74 Å². The van der Waals surface area contributed by atoms with Crippen LogP contribution in [0.1, 0.15) is 6.42 Å². The molecule has 24 heavy (non-hydrogen) atoms. The molecule has 0 aromatic carbocycles. The zero-order chi connectivity index (χ0) is 17.9. The lowest BCUT2D eigenvalue weighted by molar-refractivity contribution is -0.130. The number of amides is 1. The van der Waals surface area contributed by atoms with Gasteiger partial charge in [0.1, 0.15) is 6.10 Å². The predicted molar refractivity (Wildman–Crippen MR) is 89.4 cm³/mol. The van der Waals surface area contributed by atoms with Crippen LogP contribution in [-0.4, -0.2) is 86.9 Å². The molecule has 10 heteroatoms. The van der Waals surface area contributed by atoms with Crippen LogP contribution in [0.2, 0.25) is 0 Å². The van der Waals surface area contributed by atoms with E-state index in [9.17, 15) is 13.2 Å². The maximum atomic E-state index is 12.2. The summed E-state index contributed by atoms with van der Waals surface area (Å²) in [5.41, 5.74) is 0. The Hall–Kier alpha value is -1.94. The number of likely N-dealkylation sites (N-methyl/N-ethyl adjacent to an activating group) is 1. The van der Waals surface area contributed by atoms with E-state index in [1.807, 2.05) is 19.0 Å². The minimum Gasteiger partial charge on any atom is -0.471 e. The Balaban J connectivity index is 1.87. The second kappa shape index (κ2) is 7.31. The molecule has 2 rings (SSSR count). The zero-order valence-electron chi connectivity index (χ0n) is 14.3. The Kier molecular flexibility index (Phi) is 5.60. The summed E-state index contributed by atoms with van der Waals surface area (Å²) in [4.78, 5) is 15.6. The lowest BCUT2D eigenvalue weighted by Gasteiger charge is -2.20. The second-order valence-electron chi connectivity index (χ2n) is 6.01. The molecule has 1 aliphatic rings. The van der Waals surface area contributed by atoms with E-state index >= 15 is 0 Å². The molecule has 0 radical (unpaired) electrons. The van der Waals surface area contributed by atoms with Crippen molar-refractivity contribution >= 4 is 21.7 Å². The van der Waals surface area contributed by atoms with Crippen molar-refractivity contribution in [3.05, 3.63) is 12.1 Å². The summed E-state index contributed by atoms with van der Waals surface area (Å²) >= 11 is 0. The van der Waals surface area contributed by atoms with Crippen molar-refractivity contribution in [2.75, 3.05) is 51.9 Å². The average molecular weight is 357 g/mol. The predicted octanol–water partition coefficient (Wildman–Crippen LogP) is -0.586. The van der Waals surface area contributed by atoms with Gasteiger partial charge in [-0.1, -0.05) is 0 Å². The Morgan fingerprint density at radius 3 is 2.58 bits per heavy atom. The number of likely N-dealkylation sites (tertiary alicyclic amines) is 1. The fourth-order valence-corrected chi connectivity index (χ4v) is 2.59. The normalized spacial score (nSPS) is 18.0. The Bertz CT molecular complexity index is 677. The third kappa shape index (κ3) is 4.78. The molecule has 0 unspecified atom stereocenters. The van der Waals surface area contributed by atoms with Crippen molar-refractivity contribution in [2.24, 2.45) is 0 Å². The van der Waals surface area contributed by atoms with Crippen LogP contribution in [0.5, 0.6) is 5.88 Å². The molecular formula is C14H23N5O4S. The average Bonchev–Trinajstić information content (AvgIpc) is 2.95. The van der Waals surface area contributed by atoms with Gasteiger partial charge in [0, 0.05) is 40.2 Å². The van der Waals surface area contributed by atoms with Gasteiger partial charge in [-0.25, -0.2) is 8.42 Å². The minimum absolute atomic E-state index is 0.164. The van der Waals surface area contributed by atoms with E-state index in [-0.39, 0.29) is 18.6 Å². The summed E-state index contributed by atoms with van der Waals surface area (Å²) in [6.07, 6.45) is 1.58. The number of aromatic nitrogens is 2. The van der Waals surface area contributed by atoms with Crippen LogP contribution in [0, 0.1) is 0 Å². The van der Waals surface area contributed by atoms with Crippen molar-refractivity contribution in [1.29, 1.82) is 0 Å². The van der Waals surface area contributed by atoms with Crippen LogP contribution in [-0.2, 0) is 14.8 Å². The Labute approximate surface area is 142 Å². The largest absolute Gasteiger partial charge is 0.471 e. The highest BCUT2D eigenvalue weighted by Gasteiger charge is 2.29. The fraction of sp³-hybridized carbons (Fsp3) is 0.643. The number of hydrogen-bond acceptors (Lipinski definition) is 7. The fourth-order valence-electron chi connectivity index (χ4n) is 2.24. The van der Waals surface area contributed by atoms with Gasteiger partial charge < -0.3 is 14.5 Å². The van der Waals surface area contributed by atoms with Crippen molar-refractivity contribution in [3.63, 3.8) is 0 Å². The van der Waals surface area contributed by atoms with E-state index in [2.05, 4.69) is 10.2 Å². The van der Waals surface area contributed by atoms with Crippen LogP contribution in [0.4, 0.5) is 5.82 Å². The Morgan fingerprint density at radius 1 is 1.33 bits per heavy atom. The first kappa shape index (κ1) is 18.4. The SMILES string of the molecule is CN(C)c1ccc(O[C@@H]2CCN(C(=O)CN(C)S(C)(=O)=O)C2)nn1. The summed E-state index contributed by atoms with van der Waals surface area (Å²) in [6.45, 7) is 0.779. The van der Waals surface area contributed by atoms with Gasteiger partial charge in [0.2, 0.25) is 21.8 Å². The molecule has 0 aliphatic carbocycles. The maximum absolute atomic E-state index is 12.2. The van der Waals surface area contributed by atoms with Gasteiger partial charge in [-0.05, 0) is 6.07 Å². The number of sulfonamides is 1. The molecule has 0 saturated carbocycles. The van der Waals surface area contributed by atoms with E-state index in [0.29, 0.717) is 25.4 Å². The number of rotatable bonds is 6. The summed E-state index contributed by atoms with van der Waals surface area (Å²) in [5, 5.41) is 8.05. The number of hydrogen-bond donors (Lipinski definition) is 0. The first-order valence-corrected chi connectivity index (χ1v) is 9.38. The minimum atomic E-state index is -3.37. The van der Waals surface area contributed by atoms with Gasteiger partial charge >= 0.3 is 0 Å². The van der Waals surface area contributed by atoms with Gasteiger partial charge in [-0.3, -0.25) is 4.79 Å². The highest BCUT2D eigenvalue weighted by molar-refractivity contribution is 7.88. The molecule has 1 aromatic rings. The number of nitrogens with zero attached hydrogens (tertiary/aromatic N) is 5. The van der Waals surface area contributed by atoms with Gasteiger partial charge in [0.15, 0.2) is 5.82 Å². The van der Waals surface area contributed by atoms with Crippen LogP contribution >= 0.6 is 0 Å². The molecule has 0 bridgehead atoms. The third-order valence-electron chi connectivity index (χ3n) is 3.79.